The SMILES string of the molecule is CC(C)C[C@H](NC(=O)c1ccc(N=C(N)N)cc1)C(=O)N[C@@H]1C(=O)CO[C@@H]1C. The van der Waals surface area contributed by atoms with E-state index in [4.69, 9.17) is 16.2 Å². The zero-order chi connectivity index (χ0) is 20.8. The van der Waals surface area contributed by atoms with E-state index in [9.17, 15) is 14.4 Å². The second-order valence-corrected chi connectivity index (χ2v) is 7.21. The van der Waals surface area contributed by atoms with Crippen molar-refractivity contribution in [2.45, 2.75) is 45.4 Å². The zero-order valence-electron chi connectivity index (χ0n) is 16.3. The van der Waals surface area contributed by atoms with E-state index in [2.05, 4.69) is 15.6 Å². The Kier molecular flexibility index (Phi) is 7.11. The van der Waals surface area contributed by atoms with Crippen LogP contribution >= 0.6 is 0 Å². The van der Waals surface area contributed by atoms with Gasteiger partial charge in [-0.25, -0.2) is 4.99 Å². The lowest BCUT2D eigenvalue weighted by Gasteiger charge is -2.23. The summed E-state index contributed by atoms with van der Waals surface area (Å²) in [6.07, 6.45) is 0.0368. The molecule has 1 aromatic rings. The summed E-state index contributed by atoms with van der Waals surface area (Å²) in [6, 6.07) is 4.86. The number of nitrogens with zero attached hydrogens (tertiary/aromatic N) is 1. The summed E-state index contributed by atoms with van der Waals surface area (Å²) in [6.45, 7) is 5.60. The quantitative estimate of drug-likeness (QED) is 0.387. The molecule has 0 saturated carbocycles. The lowest BCUT2D eigenvalue weighted by molar-refractivity contribution is -0.127. The highest BCUT2D eigenvalue weighted by atomic mass is 16.5. The minimum atomic E-state index is -0.773. The number of Topliss-reactive ketones (excluding diaryl/α,β-unsaturated/α-hetero) is 1. The molecule has 1 saturated heterocycles. The number of benzene rings is 1. The van der Waals surface area contributed by atoms with Crippen LogP contribution in [0.4, 0.5) is 5.69 Å². The Balaban J connectivity index is 2.08. The van der Waals surface area contributed by atoms with E-state index in [1.54, 1.807) is 31.2 Å². The molecule has 0 bridgehead atoms. The molecule has 1 aromatic carbocycles. The fraction of sp³-hybridized carbons (Fsp3) is 0.474. The van der Waals surface area contributed by atoms with Crippen molar-refractivity contribution in [3.8, 4) is 0 Å². The number of ketones is 1. The van der Waals surface area contributed by atoms with Crippen LogP contribution < -0.4 is 22.1 Å². The van der Waals surface area contributed by atoms with E-state index >= 15 is 0 Å². The van der Waals surface area contributed by atoms with Crippen molar-refractivity contribution in [3.05, 3.63) is 29.8 Å². The average molecular weight is 389 g/mol. The van der Waals surface area contributed by atoms with Crippen molar-refractivity contribution in [2.75, 3.05) is 6.61 Å². The third-order valence-corrected chi connectivity index (χ3v) is 4.32. The number of ether oxygens (including phenoxy) is 1. The molecule has 0 spiro atoms. The Morgan fingerprint density at radius 1 is 1.25 bits per heavy atom. The van der Waals surface area contributed by atoms with Gasteiger partial charge in [0, 0.05) is 5.56 Å². The first-order valence-corrected chi connectivity index (χ1v) is 9.12. The number of hydrogen-bond donors (Lipinski definition) is 4. The largest absolute Gasteiger partial charge is 0.370 e. The molecular weight excluding hydrogens is 362 g/mol. The number of carbonyl (C=O) groups excluding carboxylic acids is 3. The molecule has 9 nitrogen and oxygen atoms in total. The predicted molar refractivity (Wildman–Crippen MR) is 105 cm³/mol. The van der Waals surface area contributed by atoms with E-state index in [1.165, 1.54) is 0 Å². The molecule has 9 heteroatoms. The smallest absolute Gasteiger partial charge is 0.251 e. The molecule has 1 aliphatic heterocycles. The van der Waals surface area contributed by atoms with Gasteiger partial charge in [-0.1, -0.05) is 13.8 Å². The maximum absolute atomic E-state index is 12.7. The second-order valence-electron chi connectivity index (χ2n) is 7.21. The Morgan fingerprint density at radius 3 is 2.39 bits per heavy atom. The van der Waals surface area contributed by atoms with Crippen LogP contribution in [0.15, 0.2) is 29.3 Å². The highest BCUT2D eigenvalue weighted by Crippen LogP contribution is 2.14. The number of nitrogens with two attached hydrogens (primary N) is 2. The normalized spacial score (nSPS) is 19.9. The highest BCUT2D eigenvalue weighted by molar-refractivity contribution is 5.99. The van der Waals surface area contributed by atoms with Crippen molar-refractivity contribution in [2.24, 2.45) is 22.4 Å². The predicted octanol–water partition coefficient (Wildman–Crippen LogP) is 0.209. The van der Waals surface area contributed by atoms with Crippen LogP contribution in [0.5, 0.6) is 0 Å². The van der Waals surface area contributed by atoms with Gasteiger partial charge in [-0.2, -0.15) is 0 Å². The number of amides is 2. The molecule has 0 unspecified atom stereocenters. The van der Waals surface area contributed by atoms with E-state index in [1.807, 2.05) is 13.8 Å². The Bertz CT molecular complexity index is 756. The maximum atomic E-state index is 12.7. The first kappa shape index (κ1) is 21.4. The van der Waals surface area contributed by atoms with Gasteiger partial charge in [-0.05, 0) is 43.5 Å². The van der Waals surface area contributed by atoms with Crippen molar-refractivity contribution >= 4 is 29.2 Å². The third kappa shape index (κ3) is 5.78. The van der Waals surface area contributed by atoms with Gasteiger partial charge >= 0.3 is 0 Å². The Hall–Kier alpha value is -2.94. The van der Waals surface area contributed by atoms with Crippen LogP contribution in [0.3, 0.4) is 0 Å². The number of hydrogen-bond acceptors (Lipinski definition) is 5. The maximum Gasteiger partial charge on any atom is 0.251 e. The summed E-state index contributed by atoms with van der Waals surface area (Å²) in [5.74, 6) is -0.904. The summed E-state index contributed by atoms with van der Waals surface area (Å²) in [5, 5.41) is 5.44. The van der Waals surface area contributed by atoms with E-state index < -0.39 is 30.0 Å². The van der Waals surface area contributed by atoms with Crippen molar-refractivity contribution in [1.82, 2.24) is 10.6 Å². The number of carbonyl (C=O) groups is 3. The molecular formula is C19H27N5O4. The molecule has 1 heterocycles. The van der Waals surface area contributed by atoms with Gasteiger partial charge < -0.3 is 26.8 Å². The molecule has 2 rings (SSSR count). The van der Waals surface area contributed by atoms with Gasteiger partial charge in [-0.15, -0.1) is 0 Å². The summed E-state index contributed by atoms with van der Waals surface area (Å²) in [4.78, 5) is 41.0. The lowest BCUT2D eigenvalue weighted by Crippen LogP contribution is -2.53. The highest BCUT2D eigenvalue weighted by Gasteiger charge is 2.35. The standard InChI is InChI=1S/C19H27N5O4/c1-10(2)8-14(18(27)24-16-11(3)28-9-15(16)25)23-17(26)12-4-6-13(7-5-12)22-19(20)21/h4-7,10-11,14,16H,8-9H2,1-3H3,(H,23,26)(H,24,27)(H4,20,21,22)/t11-,14+,16+/m1/s1. The van der Waals surface area contributed by atoms with Crippen LogP contribution in [0.1, 0.15) is 37.6 Å². The first-order chi connectivity index (χ1) is 13.2. The molecule has 1 aliphatic rings. The lowest BCUT2D eigenvalue weighted by atomic mass is 10.0. The van der Waals surface area contributed by atoms with Gasteiger partial charge in [0.1, 0.15) is 18.7 Å². The van der Waals surface area contributed by atoms with Crippen LogP contribution in [-0.4, -0.2) is 48.4 Å². The molecule has 3 atom stereocenters. The molecule has 0 radical (unpaired) electrons. The summed E-state index contributed by atoms with van der Waals surface area (Å²) in [5.41, 5.74) is 11.5. The summed E-state index contributed by atoms with van der Waals surface area (Å²) in [7, 11) is 0. The monoisotopic (exact) mass is 389 g/mol. The molecule has 6 N–H and O–H groups in total. The minimum Gasteiger partial charge on any atom is -0.370 e. The summed E-state index contributed by atoms with van der Waals surface area (Å²) >= 11 is 0. The van der Waals surface area contributed by atoms with Crippen molar-refractivity contribution in [1.29, 1.82) is 0 Å². The second kappa shape index (κ2) is 9.32. The fourth-order valence-corrected chi connectivity index (χ4v) is 2.89. The molecule has 152 valence electrons. The van der Waals surface area contributed by atoms with Crippen LogP contribution in [0.2, 0.25) is 0 Å². The van der Waals surface area contributed by atoms with Crippen molar-refractivity contribution < 1.29 is 19.1 Å². The number of guanidine groups is 1. The van der Waals surface area contributed by atoms with Crippen LogP contribution in [0.25, 0.3) is 0 Å². The molecule has 2 amide bonds. The van der Waals surface area contributed by atoms with Gasteiger partial charge in [0.2, 0.25) is 5.91 Å². The van der Waals surface area contributed by atoms with Gasteiger partial charge in [0.05, 0.1) is 11.8 Å². The zero-order valence-corrected chi connectivity index (χ0v) is 16.3. The number of rotatable bonds is 7. The van der Waals surface area contributed by atoms with Gasteiger partial charge in [0.25, 0.3) is 5.91 Å². The topological polar surface area (TPSA) is 149 Å². The Labute approximate surface area is 163 Å². The fourth-order valence-electron chi connectivity index (χ4n) is 2.89. The number of nitrogens with one attached hydrogen (secondary N) is 2. The third-order valence-electron chi connectivity index (χ3n) is 4.32. The number of aliphatic imine (C=N–C) groups is 1. The summed E-state index contributed by atoms with van der Waals surface area (Å²) < 4.78 is 5.25. The van der Waals surface area contributed by atoms with Gasteiger partial charge in [0.15, 0.2) is 11.7 Å². The Morgan fingerprint density at radius 2 is 1.89 bits per heavy atom. The molecule has 1 fully saturated rings. The minimum absolute atomic E-state index is 0.0184. The molecule has 28 heavy (non-hydrogen) atoms. The van der Waals surface area contributed by atoms with E-state index in [0.29, 0.717) is 17.7 Å². The van der Waals surface area contributed by atoms with Gasteiger partial charge in [-0.3, -0.25) is 14.4 Å². The van der Waals surface area contributed by atoms with Crippen LogP contribution in [0, 0.1) is 5.92 Å². The van der Waals surface area contributed by atoms with E-state index in [-0.39, 0.29) is 24.3 Å². The molecule has 0 aromatic heterocycles. The molecule has 0 aliphatic carbocycles. The average Bonchev–Trinajstić information content (AvgIpc) is 2.92. The first-order valence-electron chi connectivity index (χ1n) is 9.12. The van der Waals surface area contributed by atoms with Crippen molar-refractivity contribution in [3.63, 3.8) is 0 Å². The van der Waals surface area contributed by atoms with Crippen LogP contribution in [-0.2, 0) is 14.3 Å². The van der Waals surface area contributed by atoms with E-state index in [0.717, 1.165) is 0 Å².